The van der Waals surface area contributed by atoms with Gasteiger partial charge < -0.3 is 9.90 Å². The van der Waals surface area contributed by atoms with Crippen molar-refractivity contribution in [2.75, 3.05) is 0 Å². The fourth-order valence-corrected chi connectivity index (χ4v) is 8.15. The summed E-state index contributed by atoms with van der Waals surface area (Å²) in [4.78, 5) is 10.8. The molecule has 0 aromatic carbocycles. The molecule has 0 aromatic rings. The van der Waals surface area contributed by atoms with Crippen molar-refractivity contribution < 1.29 is 9.90 Å². The van der Waals surface area contributed by atoms with E-state index in [1.165, 1.54) is 38.5 Å². The summed E-state index contributed by atoms with van der Waals surface area (Å²) >= 11 is 0. The van der Waals surface area contributed by atoms with Crippen molar-refractivity contribution in [2.45, 2.75) is 91.1 Å². The highest BCUT2D eigenvalue weighted by atomic mass is 16.3. The quantitative estimate of drug-likeness (QED) is 0.529. The Hall–Kier alpha value is -0.630. The fourth-order valence-electron chi connectivity index (χ4n) is 8.15. The van der Waals surface area contributed by atoms with Gasteiger partial charge in [0.1, 0.15) is 6.29 Å². The maximum atomic E-state index is 10.8. The zero-order chi connectivity index (χ0) is 18.5. The average molecular weight is 359 g/mol. The van der Waals surface area contributed by atoms with E-state index in [9.17, 15) is 9.90 Å². The van der Waals surface area contributed by atoms with Gasteiger partial charge in [-0.25, -0.2) is 0 Å². The molecule has 0 radical (unpaired) electrons. The predicted octanol–water partition coefficient (Wildman–Crippen LogP) is 5.54. The Balaban J connectivity index is 1.57. The van der Waals surface area contributed by atoms with Gasteiger partial charge in [-0.05, 0) is 98.2 Å². The maximum absolute atomic E-state index is 10.8. The van der Waals surface area contributed by atoms with Crippen LogP contribution in [0.25, 0.3) is 0 Å². The molecule has 1 N–H and O–H groups in total. The van der Waals surface area contributed by atoms with E-state index in [4.69, 9.17) is 0 Å². The largest absolute Gasteiger partial charge is 0.393 e. The molecule has 4 aliphatic carbocycles. The molecular weight excluding hydrogens is 320 g/mol. The minimum absolute atomic E-state index is 0.103. The van der Waals surface area contributed by atoms with Crippen LogP contribution in [-0.4, -0.2) is 17.5 Å². The first-order chi connectivity index (χ1) is 12.4. The van der Waals surface area contributed by atoms with E-state index in [0.717, 1.165) is 55.6 Å². The molecule has 3 fully saturated rings. The molecule has 0 amide bonds. The molecule has 2 nitrogen and oxygen atoms in total. The molecule has 7 unspecified atom stereocenters. The third-order valence-corrected chi connectivity index (χ3v) is 9.58. The van der Waals surface area contributed by atoms with Crippen molar-refractivity contribution in [2.24, 2.45) is 40.4 Å². The van der Waals surface area contributed by atoms with E-state index in [0.29, 0.717) is 16.7 Å². The van der Waals surface area contributed by atoms with Gasteiger partial charge in [0.15, 0.2) is 0 Å². The number of aldehydes is 1. The average Bonchev–Trinajstić information content (AvgIpc) is 2.97. The Kier molecular flexibility index (Phi) is 4.87. The molecule has 2 heteroatoms. The lowest BCUT2D eigenvalue weighted by atomic mass is 9.47. The van der Waals surface area contributed by atoms with Crippen molar-refractivity contribution in [1.29, 1.82) is 0 Å². The van der Waals surface area contributed by atoms with Gasteiger partial charge in [0.25, 0.3) is 0 Å². The summed E-state index contributed by atoms with van der Waals surface area (Å²) in [6.45, 7) is 7.51. The first-order valence-corrected chi connectivity index (χ1v) is 11.2. The normalized spacial score (nSPS) is 48.8. The van der Waals surface area contributed by atoms with Gasteiger partial charge in [-0.2, -0.15) is 0 Å². The molecule has 0 bridgehead atoms. The van der Waals surface area contributed by atoms with Crippen LogP contribution in [0.15, 0.2) is 11.6 Å². The third kappa shape index (κ3) is 2.74. The van der Waals surface area contributed by atoms with Gasteiger partial charge in [-0.1, -0.05) is 32.4 Å². The van der Waals surface area contributed by atoms with E-state index in [2.05, 4.69) is 26.8 Å². The molecule has 0 aliphatic heterocycles. The Morgan fingerprint density at radius 3 is 2.77 bits per heavy atom. The van der Waals surface area contributed by atoms with Crippen molar-refractivity contribution in [3.8, 4) is 0 Å². The van der Waals surface area contributed by atoms with Crippen LogP contribution in [0.3, 0.4) is 0 Å². The third-order valence-electron chi connectivity index (χ3n) is 9.58. The summed E-state index contributed by atoms with van der Waals surface area (Å²) in [5.41, 5.74) is 2.42. The summed E-state index contributed by atoms with van der Waals surface area (Å²) in [6, 6.07) is 0. The van der Waals surface area contributed by atoms with Crippen LogP contribution in [0.5, 0.6) is 0 Å². The zero-order valence-electron chi connectivity index (χ0n) is 17.0. The highest BCUT2D eigenvalue weighted by molar-refractivity contribution is 5.49. The molecule has 26 heavy (non-hydrogen) atoms. The van der Waals surface area contributed by atoms with Crippen LogP contribution in [0.4, 0.5) is 0 Å². The molecule has 0 heterocycles. The topological polar surface area (TPSA) is 37.3 Å². The van der Waals surface area contributed by atoms with Crippen LogP contribution in [-0.2, 0) is 4.79 Å². The zero-order valence-corrected chi connectivity index (χ0v) is 17.0. The van der Waals surface area contributed by atoms with Crippen molar-refractivity contribution in [1.82, 2.24) is 0 Å². The Labute approximate surface area is 159 Å². The van der Waals surface area contributed by atoms with Crippen molar-refractivity contribution in [3.05, 3.63) is 11.6 Å². The summed E-state index contributed by atoms with van der Waals surface area (Å²) in [5.74, 6) is 4.03. The smallest absolute Gasteiger partial charge is 0.120 e. The van der Waals surface area contributed by atoms with Gasteiger partial charge in [0.2, 0.25) is 0 Å². The summed E-state index contributed by atoms with van der Waals surface area (Å²) in [6.07, 6.45) is 15.2. The second kappa shape index (κ2) is 6.76. The van der Waals surface area contributed by atoms with Gasteiger partial charge in [-0.3, -0.25) is 0 Å². The number of aliphatic hydroxyl groups is 1. The first kappa shape index (κ1) is 18.7. The second-order valence-electron chi connectivity index (χ2n) is 10.6. The van der Waals surface area contributed by atoms with Gasteiger partial charge in [-0.15, -0.1) is 0 Å². The van der Waals surface area contributed by atoms with Crippen molar-refractivity contribution in [3.63, 3.8) is 0 Å². The molecule has 0 saturated heterocycles. The number of fused-ring (bicyclic) bond motifs is 5. The number of hydrogen-bond acceptors (Lipinski definition) is 2. The van der Waals surface area contributed by atoms with Crippen LogP contribution in [0.2, 0.25) is 0 Å². The van der Waals surface area contributed by atoms with Crippen LogP contribution < -0.4 is 0 Å². The molecule has 0 spiro atoms. The SMILES string of the molecule is C[C@H](CCC=O)C1CCC2C3CC=C4CC(O)CCC4(C)C3CCC21C. The van der Waals surface area contributed by atoms with Gasteiger partial charge in [0.05, 0.1) is 6.10 Å². The van der Waals surface area contributed by atoms with Crippen LogP contribution in [0.1, 0.15) is 85.0 Å². The van der Waals surface area contributed by atoms with E-state index < -0.39 is 0 Å². The lowest BCUT2D eigenvalue weighted by molar-refractivity contribution is -0.108. The molecule has 8 atom stereocenters. The number of aliphatic hydroxyl groups excluding tert-OH is 1. The van der Waals surface area contributed by atoms with Crippen molar-refractivity contribution >= 4 is 6.29 Å². The maximum Gasteiger partial charge on any atom is 0.120 e. The lowest BCUT2D eigenvalue weighted by Gasteiger charge is -2.58. The van der Waals surface area contributed by atoms with E-state index >= 15 is 0 Å². The lowest BCUT2D eigenvalue weighted by Crippen LogP contribution is -2.50. The second-order valence-corrected chi connectivity index (χ2v) is 10.6. The number of rotatable bonds is 4. The van der Waals surface area contributed by atoms with Gasteiger partial charge >= 0.3 is 0 Å². The Bertz CT molecular complexity index is 581. The standard InChI is InChI=1S/C24H38O2/c1-16(5-4-14-25)20-8-9-21-19-7-6-17-15-18(26)10-12-23(17,2)22(19)11-13-24(20,21)3/h6,14,16,18-22,26H,4-5,7-13,15H2,1-3H3/t16-,18?,19?,20?,21?,22?,23?,24?/m1/s1. The number of allylic oxidation sites excluding steroid dienone is 1. The van der Waals surface area contributed by atoms with Crippen LogP contribution >= 0.6 is 0 Å². The number of carbonyl (C=O) groups is 1. The number of hydrogen-bond donors (Lipinski definition) is 1. The minimum atomic E-state index is -0.103. The van der Waals surface area contributed by atoms with Crippen LogP contribution in [0, 0.1) is 40.4 Å². The van der Waals surface area contributed by atoms with E-state index in [1.54, 1.807) is 5.57 Å². The van der Waals surface area contributed by atoms with Gasteiger partial charge in [0, 0.05) is 6.42 Å². The minimum Gasteiger partial charge on any atom is -0.393 e. The van der Waals surface area contributed by atoms with E-state index in [-0.39, 0.29) is 6.10 Å². The summed E-state index contributed by atoms with van der Waals surface area (Å²) < 4.78 is 0. The highest BCUT2D eigenvalue weighted by Gasteiger charge is 2.58. The van der Waals surface area contributed by atoms with E-state index in [1.807, 2.05) is 0 Å². The Morgan fingerprint density at radius 2 is 2.00 bits per heavy atom. The molecule has 0 aromatic heterocycles. The first-order valence-electron chi connectivity index (χ1n) is 11.2. The monoisotopic (exact) mass is 358 g/mol. The highest BCUT2D eigenvalue weighted by Crippen LogP contribution is 2.67. The molecule has 3 saturated carbocycles. The predicted molar refractivity (Wildman–Crippen MR) is 106 cm³/mol. The molecular formula is C24H38O2. The number of carbonyl (C=O) groups excluding carboxylic acids is 1. The Morgan fingerprint density at radius 1 is 1.19 bits per heavy atom. The fraction of sp³-hybridized carbons (Fsp3) is 0.875. The summed E-state index contributed by atoms with van der Waals surface area (Å²) in [7, 11) is 0. The molecule has 4 aliphatic rings. The summed E-state index contributed by atoms with van der Waals surface area (Å²) in [5, 5.41) is 10.2. The molecule has 146 valence electrons. The molecule has 4 rings (SSSR count).